The maximum atomic E-state index is 13.6. The molecule has 0 heterocycles. The first-order valence-corrected chi connectivity index (χ1v) is 16.0. The van der Waals surface area contributed by atoms with Crippen molar-refractivity contribution in [2.75, 3.05) is 17.7 Å². The summed E-state index contributed by atoms with van der Waals surface area (Å²) in [6.45, 7) is 0. The van der Waals surface area contributed by atoms with Gasteiger partial charge in [-0.1, -0.05) is 96.0 Å². The Labute approximate surface area is 287 Å². The second kappa shape index (κ2) is 16.0. The lowest BCUT2D eigenvalue weighted by molar-refractivity contribution is -0.116. The predicted octanol–water partition coefficient (Wildman–Crippen LogP) is 8.88. The van der Waals surface area contributed by atoms with Crippen molar-refractivity contribution >= 4 is 70.1 Å². The zero-order chi connectivity index (χ0) is 33.2. The Balaban J connectivity index is 1.39. The van der Waals surface area contributed by atoms with Gasteiger partial charge in [0, 0.05) is 16.1 Å². The summed E-state index contributed by atoms with van der Waals surface area (Å²) in [5.41, 5.74) is 2.73. The number of ether oxygens (including phenoxy) is 1. The molecule has 1 atom stereocenters. The van der Waals surface area contributed by atoms with Gasteiger partial charge in [0.05, 0.1) is 22.8 Å². The minimum atomic E-state index is -0.661. The van der Waals surface area contributed by atoms with Crippen LogP contribution in [0.2, 0.25) is 10.0 Å². The number of hydrogen-bond donors (Lipinski definition) is 3. The average Bonchev–Trinajstić information content (AvgIpc) is 3.10. The zero-order valence-corrected chi connectivity index (χ0v) is 27.4. The summed E-state index contributed by atoms with van der Waals surface area (Å²) in [5, 5.41) is 8.44. The lowest BCUT2D eigenvalue weighted by Crippen LogP contribution is -2.30. The van der Waals surface area contributed by atoms with Gasteiger partial charge < -0.3 is 20.7 Å². The van der Waals surface area contributed by atoms with E-state index in [-0.39, 0.29) is 16.6 Å². The van der Waals surface area contributed by atoms with Crippen molar-refractivity contribution in [3.63, 3.8) is 0 Å². The van der Waals surface area contributed by atoms with E-state index < -0.39 is 17.1 Å². The normalized spacial score (nSPS) is 11.7. The molecule has 5 aromatic carbocycles. The van der Waals surface area contributed by atoms with Gasteiger partial charge in [-0.05, 0) is 71.8 Å². The van der Waals surface area contributed by atoms with E-state index in [1.807, 2.05) is 36.4 Å². The molecule has 0 radical (unpaired) electrons. The number of halogens is 2. The van der Waals surface area contributed by atoms with Gasteiger partial charge in [0.2, 0.25) is 5.91 Å². The van der Waals surface area contributed by atoms with Crippen LogP contribution in [-0.2, 0) is 9.59 Å². The first-order chi connectivity index (χ1) is 22.8. The van der Waals surface area contributed by atoms with E-state index in [0.717, 1.165) is 10.5 Å². The molecule has 10 heteroatoms. The molecule has 0 aliphatic rings. The van der Waals surface area contributed by atoms with Crippen LogP contribution in [0, 0.1) is 0 Å². The third-order valence-corrected chi connectivity index (χ3v) is 8.90. The van der Waals surface area contributed by atoms with Crippen LogP contribution >= 0.6 is 35.0 Å². The SMILES string of the molecule is COc1cccc(/C=C(\NC(=O)c2ccccc2)C(=O)Nc2cccc(SC(C(=O)Nc3cccc(Cl)c3Cl)c3ccccc3)c2)c1. The van der Waals surface area contributed by atoms with E-state index in [0.29, 0.717) is 33.3 Å². The van der Waals surface area contributed by atoms with Gasteiger partial charge in [-0.3, -0.25) is 14.4 Å². The summed E-state index contributed by atoms with van der Waals surface area (Å²) in [7, 11) is 1.55. The molecule has 47 heavy (non-hydrogen) atoms. The van der Waals surface area contributed by atoms with Crippen molar-refractivity contribution in [1.82, 2.24) is 5.32 Å². The number of hydrogen-bond acceptors (Lipinski definition) is 5. The topological polar surface area (TPSA) is 96.5 Å². The lowest BCUT2D eigenvalue weighted by atomic mass is 10.1. The highest BCUT2D eigenvalue weighted by atomic mass is 35.5. The highest BCUT2D eigenvalue weighted by Crippen LogP contribution is 2.38. The van der Waals surface area contributed by atoms with Crippen LogP contribution in [0.1, 0.15) is 26.7 Å². The summed E-state index contributed by atoms with van der Waals surface area (Å²) in [5.74, 6) is -0.665. The minimum absolute atomic E-state index is 0.0325. The Kier molecular flexibility index (Phi) is 11.4. The number of nitrogens with one attached hydrogen (secondary N) is 3. The molecular weight excluding hydrogens is 653 g/mol. The monoisotopic (exact) mass is 681 g/mol. The third kappa shape index (κ3) is 9.04. The number of benzene rings is 5. The molecule has 0 aromatic heterocycles. The van der Waals surface area contributed by atoms with Gasteiger partial charge in [0.25, 0.3) is 11.8 Å². The molecule has 0 aliphatic carbocycles. The maximum absolute atomic E-state index is 13.6. The molecule has 0 saturated heterocycles. The number of anilines is 2. The second-order valence-corrected chi connectivity index (χ2v) is 12.1. The van der Waals surface area contributed by atoms with E-state index in [4.69, 9.17) is 27.9 Å². The van der Waals surface area contributed by atoms with E-state index in [2.05, 4.69) is 16.0 Å². The number of thioether (sulfide) groups is 1. The summed E-state index contributed by atoms with van der Waals surface area (Å²) in [6.07, 6.45) is 1.58. The molecule has 0 aliphatic heterocycles. The molecule has 0 spiro atoms. The highest BCUT2D eigenvalue weighted by molar-refractivity contribution is 8.00. The molecule has 3 amide bonds. The van der Waals surface area contributed by atoms with Crippen LogP contribution in [0.5, 0.6) is 5.75 Å². The Morgan fingerprint density at radius 1 is 0.766 bits per heavy atom. The van der Waals surface area contributed by atoms with Crippen LogP contribution in [-0.4, -0.2) is 24.8 Å². The molecule has 5 aromatic rings. The first-order valence-electron chi connectivity index (χ1n) is 14.4. The number of carbonyl (C=O) groups excluding carboxylic acids is 3. The van der Waals surface area contributed by atoms with Crippen molar-refractivity contribution in [1.29, 1.82) is 0 Å². The van der Waals surface area contributed by atoms with Gasteiger partial charge in [0.15, 0.2) is 0 Å². The van der Waals surface area contributed by atoms with Crippen molar-refractivity contribution in [2.24, 2.45) is 0 Å². The van der Waals surface area contributed by atoms with E-state index in [1.54, 1.807) is 104 Å². The van der Waals surface area contributed by atoms with E-state index in [1.165, 1.54) is 11.8 Å². The highest BCUT2D eigenvalue weighted by Gasteiger charge is 2.24. The van der Waals surface area contributed by atoms with Gasteiger partial charge >= 0.3 is 0 Å². The molecule has 0 bridgehead atoms. The van der Waals surface area contributed by atoms with Crippen molar-refractivity contribution in [2.45, 2.75) is 10.1 Å². The molecule has 3 N–H and O–H groups in total. The summed E-state index contributed by atoms with van der Waals surface area (Å²) >= 11 is 13.8. The second-order valence-electron chi connectivity index (χ2n) is 10.1. The van der Waals surface area contributed by atoms with Crippen LogP contribution in [0.15, 0.2) is 138 Å². The fourth-order valence-corrected chi connectivity index (χ4v) is 5.95. The summed E-state index contributed by atoms with van der Waals surface area (Å²) in [4.78, 5) is 41.0. The lowest BCUT2D eigenvalue weighted by Gasteiger charge is -2.18. The van der Waals surface area contributed by atoms with Crippen LogP contribution in [0.3, 0.4) is 0 Å². The van der Waals surface area contributed by atoms with E-state index >= 15 is 0 Å². The number of amides is 3. The Hall–Kier alpha value is -5.02. The van der Waals surface area contributed by atoms with Crippen LogP contribution < -0.4 is 20.7 Å². The fraction of sp³-hybridized carbons (Fsp3) is 0.0541. The number of carbonyl (C=O) groups is 3. The first kappa shape index (κ1) is 33.3. The number of methoxy groups -OCH3 is 1. The van der Waals surface area contributed by atoms with Crippen molar-refractivity contribution in [3.8, 4) is 5.75 Å². The summed E-state index contributed by atoms with van der Waals surface area (Å²) < 4.78 is 5.32. The van der Waals surface area contributed by atoms with Gasteiger partial charge in [-0.15, -0.1) is 11.8 Å². The molecule has 1 unspecified atom stereocenters. The Morgan fingerprint density at radius 2 is 1.47 bits per heavy atom. The van der Waals surface area contributed by atoms with Gasteiger partial charge in [-0.25, -0.2) is 0 Å². The zero-order valence-electron chi connectivity index (χ0n) is 25.1. The average molecular weight is 683 g/mol. The molecule has 0 saturated carbocycles. The summed E-state index contributed by atoms with van der Waals surface area (Å²) in [6, 6.07) is 37.2. The smallest absolute Gasteiger partial charge is 0.272 e. The van der Waals surface area contributed by atoms with Crippen molar-refractivity contribution in [3.05, 3.63) is 160 Å². The molecule has 236 valence electrons. The molecule has 0 fully saturated rings. The van der Waals surface area contributed by atoms with Gasteiger partial charge in [-0.2, -0.15) is 0 Å². The Bertz CT molecular complexity index is 1920. The van der Waals surface area contributed by atoms with Crippen LogP contribution in [0.25, 0.3) is 6.08 Å². The molecule has 7 nitrogen and oxygen atoms in total. The predicted molar refractivity (Wildman–Crippen MR) is 190 cm³/mol. The van der Waals surface area contributed by atoms with E-state index in [9.17, 15) is 14.4 Å². The minimum Gasteiger partial charge on any atom is -0.497 e. The molecular formula is C37H29Cl2N3O4S. The Morgan fingerprint density at radius 3 is 2.21 bits per heavy atom. The third-order valence-electron chi connectivity index (χ3n) is 6.83. The fourth-order valence-electron chi connectivity index (χ4n) is 4.52. The van der Waals surface area contributed by atoms with Gasteiger partial charge in [0.1, 0.15) is 16.7 Å². The van der Waals surface area contributed by atoms with Crippen molar-refractivity contribution < 1.29 is 19.1 Å². The standard InChI is InChI=1S/C37H29Cl2N3O4S/c1-46-28-17-8-11-24(21-28)22-32(42-35(43)26-14-6-3-7-15-26)36(44)40-27-16-9-18-29(23-27)47-34(25-12-4-2-5-13-25)37(45)41-31-20-10-19-30(38)33(31)39/h2-23,34H,1H3,(H,40,44)(H,41,45)(H,42,43)/b32-22-. The largest absolute Gasteiger partial charge is 0.497 e. The maximum Gasteiger partial charge on any atom is 0.272 e. The molecule has 5 rings (SSSR count). The van der Waals surface area contributed by atoms with Crippen LogP contribution in [0.4, 0.5) is 11.4 Å². The quantitative estimate of drug-likeness (QED) is 0.0956. The number of rotatable bonds is 11.